The highest BCUT2D eigenvalue weighted by molar-refractivity contribution is 7.47. The lowest BCUT2D eigenvalue weighted by molar-refractivity contribution is -0.161. The third kappa shape index (κ3) is 56.8. The number of phosphoric ester groups is 1. The first kappa shape index (κ1) is 74.1. The van der Waals surface area contributed by atoms with Crippen LogP contribution in [-0.4, -0.2) is 66.5 Å². The maximum absolute atomic E-state index is 12.9. The summed E-state index contributed by atoms with van der Waals surface area (Å²) in [5.41, 5.74) is 0. The first-order valence-electron chi connectivity index (χ1n) is 30.8. The summed E-state index contributed by atoms with van der Waals surface area (Å²) in [7, 11) is -4.77. The van der Waals surface area contributed by atoms with Gasteiger partial charge in [0.15, 0.2) is 6.10 Å². The molecule has 0 aromatic rings. The lowest BCUT2D eigenvalue weighted by Gasteiger charge is -2.21. The fourth-order valence-electron chi connectivity index (χ4n) is 8.04. The van der Waals surface area contributed by atoms with E-state index in [-0.39, 0.29) is 25.9 Å². The van der Waals surface area contributed by atoms with Crippen molar-refractivity contribution < 1.29 is 52.2 Å². The zero-order valence-electron chi connectivity index (χ0n) is 49.3. The third-order valence-electron chi connectivity index (χ3n) is 12.7. The van der Waals surface area contributed by atoms with E-state index in [1.165, 1.54) is 32.1 Å². The van der Waals surface area contributed by atoms with Crippen LogP contribution < -0.4 is 0 Å². The summed E-state index contributed by atoms with van der Waals surface area (Å²) in [4.78, 5) is 48.7. The highest BCUT2D eigenvalue weighted by Crippen LogP contribution is 2.43. The van der Waals surface area contributed by atoms with Gasteiger partial charge in [-0.3, -0.25) is 23.4 Å². The number of aliphatic hydroxyl groups is 1. The van der Waals surface area contributed by atoms with Crippen LogP contribution in [0.25, 0.3) is 0 Å². The molecule has 11 nitrogen and oxygen atoms in total. The highest BCUT2D eigenvalue weighted by Gasteiger charge is 2.28. The number of phosphoric acid groups is 1. The van der Waals surface area contributed by atoms with Gasteiger partial charge in [-0.25, -0.2) is 4.57 Å². The van der Waals surface area contributed by atoms with Crippen molar-refractivity contribution >= 4 is 25.7 Å². The topological polar surface area (TPSA) is 155 Å². The maximum atomic E-state index is 12.9. The minimum Gasteiger partial charge on any atom is -0.462 e. The van der Waals surface area contributed by atoms with E-state index in [1.54, 1.807) is 0 Å². The number of rotatable bonds is 56. The summed E-state index contributed by atoms with van der Waals surface area (Å²) in [5, 5.41) is 9.84. The monoisotopic (exact) mass is 1110 g/mol. The number of carbonyl (C=O) groups excluding carboxylic acids is 3. The standard InChI is InChI=1S/C66H111O11P/c1-4-7-10-13-16-19-22-25-28-30-31-33-36-39-42-45-48-51-54-57-66(70)77-63(59-73-64(68)55-52-49-46-43-40-37-35-32-29-26-23-20-17-14-11-8-5-2)61-75-78(71,72)74-60-62(58-67)76-65(69)56-53-50-47-44-41-38-34-27-24-21-18-15-12-9-6-3/h7-8,10-11,16-21,25-29,31,33-34,62-63,67H,4-6,9,12-15,22-24,30,32,35-61H2,1-3H3,(H,71,72)/b10-7-,11-8-,19-16-,20-17-,21-18-,28-25-,29-26-,33-31-,34-27-. The molecule has 12 heteroatoms. The lowest BCUT2D eigenvalue weighted by Crippen LogP contribution is -2.30. The molecule has 0 aliphatic heterocycles. The van der Waals surface area contributed by atoms with Crippen LogP contribution in [0, 0.1) is 0 Å². The Kier molecular flexibility index (Phi) is 56.3. The van der Waals surface area contributed by atoms with Gasteiger partial charge in [0, 0.05) is 19.3 Å². The van der Waals surface area contributed by atoms with Crippen molar-refractivity contribution in [2.75, 3.05) is 26.4 Å². The quantitative estimate of drug-likeness (QED) is 0.0197. The molecule has 0 rings (SSSR count). The Balaban J connectivity index is 4.78. The number of ether oxygens (including phenoxy) is 3. The largest absolute Gasteiger partial charge is 0.472 e. The second-order valence-electron chi connectivity index (χ2n) is 20.1. The molecule has 0 heterocycles. The van der Waals surface area contributed by atoms with E-state index < -0.39 is 57.8 Å². The maximum Gasteiger partial charge on any atom is 0.472 e. The van der Waals surface area contributed by atoms with Gasteiger partial charge in [-0.05, 0) is 122 Å². The molecule has 78 heavy (non-hydrogen) atoms. The zero-order chi connectivity index (χ0) is 56.9. The second kappa shape index (κ2) is 59.3. The molecule has 0 saturated heterocycles. The Bertz CT molecular complexity index is 1720. The molecule has 0 aliphatic rings. The van der Waals surface area contributed by atoms with Crippen LogP contribution in [0.15, 0.2) is 109 Å². The molecule has 0 saturated carbocycles. The Morgan fingerprint density at radius 2 is 0.667 bits per heavy atom. The van der Waals surface area contributed by atoms with E-state index in [1.807, 2.05) is 0 Å². The first-order chi connectivity index (χ1) is 38.2. The van der Waals surface area contributed by atoms with Crippen LogP contribution in [0.2, 0.25) is 0 Å². The van der Waals surface area contributed by atoms with Gasteiger partial charge >= 0.3 is 25.7 Å². The fraction of sp³-hybridized carbons (Fsp3) is 0.682. The van der Waals surface area contributed by atoms with E-state index in [4.69, 9.17) is 23.3 Å². The summed E-state index contributed by atoms with van der Waals surface area (Å²) in [5.74, 6) is -1.51. The van der Waals surface area contributed by atoms with Crippen LogP contribution in [0.1, 0.15) is 252 Å². The second-order valence-corrected chi connectivity index (χ2v) is 21.6. The molecule has 0 fully saturated rings. The van der Waals surface area contributed by atoms with E-state index in [9.17, 15) is 28.9 Å². The molecule has 446 valence electrons. The van der Waals surface area contributed by atoms with E-state index in [0.717, 1.165) is 161 Å². The number of carbonyl (C=O) groups is 3. The molecule has 0 bridgehead atoms. The zero-order valence-corrected chi connectivity index (χ0v) is 50.2. The Labute approximate surface area is 475 Å². The van der Waals surface area contributed by atoms with Crippen LogP contribution in [0.4, 0.5) is 0 Å². The molecule has 0 aromatic carbocycles. The van der Waals surface area contributed by atoms with Crippen molar-refractivity contribution in [1.82, 2.24) is 0 Å². The van der Waals surface area contributed by atoms with E-state index in [2.05, 4.69) is 130 Å². The number of hydrogen-bond acceptors (Lipinski definition) is 10. The minimum atomic E-state index is -4.77. The first-order valence-corrected chi connectivity index (χ1v) is 32.3. The summed E-state index contributed by atoms with van der Waals surface area (Å²) in [6, 6.07) is 0. The number of allylic oxidation sites excluding steroid dienone is 18. The fourth-order valence-corrected chi connectivity index (χ4v) is 8.82. The SMILES string of the molecule is CC/C=C\C/C=C\C/C=C\C/C=C\CCCCCCCCC(=O)OC(COC(=O)CCCCCCCCC/C=C\C/C=C\C/C=C\CC)COP(=O)(O)OCC(CO)OC(=O)CCCCCCC/C=C\C/C=C\CCCCC. The lowest BCUT2D eigenvalue weighted by atomic mass is 10.1. The molecular formula is C66H111O11P. The molecule has 3 unspecified atom stereocenters. The molecule has 0 spiro atoms. The van der Waals surface area contributed by atoms with Crippen molar-refractivity contribution in [1.29, 1.82) is 0 Å². The number of esters is 3. The van der Waals surface area contributed by atoms with Gasteiger partial charge in [-0.15, -0.1) is 0 Å². The van der Waals surface area contributed by atoms with Gasteiger partial charge in [-0.1, -0.05) is 220 Å². The molecule has 0 amide bonds. The number of aliphatic hydroxyl groups excluding tert-OH is 1. The van der Waals surface area contributed by atoms with E-state index >= 15 is 0 Å². The number of hydrogen-bond donors (Lipinski definition) is 2. The predicted octanol–water partition coefficient (Wildman–Crippen LogP) is 18.6. The normalized spacial score (nSPS) is 14.1. The van der Waals surface area contributed by atoms with Gasteiger partial charge < -0.3 is 24.2 Å². The molecular weight excluding hydrogens is 1000 g/mol. The highest BCUT2D eigenvalue weighted by atomic mass is 31.2. The van der Waals surface area contributed by atoms with Gasteiger partial charge in [0.05, 0.1) is 19.8 Å². The van der Waals surface area contributed by atoms with Gasteiger partial charge in [-0.2, -0.15) is 0 Å². The average Bonchev–Trinajstić information content (AvgIpc) is 3.43. The number of unbranched alkanes of at least 4 members (excludes halogenated alkanes) is 21. The smallest absolute Gasteiger partial charge is 0.462 e. The van der Waals surface area contributed by atoms with Crippen LogP contribution >= 0.6 is 7.82 Å². The Hall–Kier alpha value is -3.86. The van der Waals surface area contributed by atoms with Crippen LogP contribution in [0.5, 0.6) is 0 Å². The molecule has 0 aromatic heterocycles. The Morgan fingerprint density at radius 1 is 0.372 bits per heavy atom. The molecule has 3 atom stereocenters. The van der Waals surface area contributed by atoms with E-state index in [0.29, 0.717) is 19.3 Å². The third-order valence-corrected chi connectivity index (χ3v) is 13.6. The van der Waals surface area contributed by atoms with Crippen LogP contribution in [-0.2, 0) is 42.2 Å². The van der Waals surface area contributed by atoms with Crippen molar-refractivity contribution in [3.8, 4) is 0 Å². The summed E-state index contributed by atoms with van der Waals surface area (Å²) >= 11 is 0. The predicted molar refractivity (Wildman–Crippen MR) is 325 cm³/mol. The van der Waals surface area contributed by atoms with Crippen molar-refractivity contribution in [3.05, 3.63) is 109 Å². The van der Waals surface area contributed by atoms with Crippen molar-refractivity contribution in [3.63, 3.8) is 0 Å². The average molecular weight is 1110 g/mol. The molecule has 0 radical (unpaired) electrons. The Morgan fingerprint density at radius 3 is 1.03 bits per heavy atom. The van der Waals surface area contributed by atoms with Gasteiger partial charge in [0.1, 0.15) is 12.7 Å². The van der Waals surface area contributed by atoms with Gasteiger partial charge in [0.2, 0.25) is 0 Å². The summed E-state index contributed by atoms with van der Waals surface area (Å²) in [6.07, 6.45) is 71.7. The summed E-state index contributed by atoms with van der Waals surface area (Å²) < 4.78 is 39.6. The van der Waals surface area contributed by atoms with Crippen molar-refractivity contribution in [2.24, 2.45) is 0 Å². The van der Waals surface area contributed by atoms with Gasteiger partial charge in [0.25, 0.3) is 0 Å². The van der Waals surface area contributed by atoms with Crippen molar-refractivity contribution in [2.45, 2.75) is 264 Å². The summed E-state index contributed by atoms with van der Waals surface area (Å²) in [6.45, 7) is 4.36. The molecule has 0 aliphatic carbocycles. The minimum absolute atomic E-state index is 0.143. The molecule has 2 N–H and O–H groups in total. The van der Waals surface area contributed by atoms with Crippen LogP contribution in [0.3, 0.4) is 0 Å².